The van der Waals surface area contributed by atoms with Crippen molar-refractivity contribution in [3.63, 3.8) is 0 Å². The second-order valence-corrected chi connectivity index (χ2v) is 3.39. The molecule has 0 spiro atoms. The van der Waals surface area contributed by atoms with E-state index in [2.05, 4.69) is 40.7 Å². The molecule has 1 aromatic carbocycles. The maximum Gasteiger partial charge on any atom is 0.0590 e. The smallest absolute Gasteiger partial charge is 0.0590 e. The normalized spacial score (nSPS) is 9.92. The van der Waals surface area contributed by atoms with Crippen molar-refractivity contribution < 1.29 is 0 Å². The summed E-state index contributed by atoms with van der Waals surface area (Å²) in [6, 6.07) is 9.19. The lowest BCUT2D eigenvalue weighted by Gasteiger charge is -2.21. The summed E-state index contributed by atoms with van der Waals surface area (Å²) in [5, 5.41) is 0. The molecule has 0 unspecified atom stereocenters. The lowest BCUT2D eigenvalue weighted by atomic mass is 10.3. The summed E-state index contributed by atoms with van der Waals surface area (Å²) in [7, 11) is 0. The predicted molar refractivity (Wildman–Crippen MR) is 56.5 cm³/mol. The van der Waals surface area contributed by atoms with Crippen molar-refractivity contribution in [2.24, 2.45) is 0 Å². The maximum absolute atomic E-state index is 3.51. The third-order valence-corrected chi connectivity index (χ3v) is 2.50. The fraction of sp³-hybridized carbons (Fsp3) is 0.400. The van der Waals surface area contributed by atoms with Crippen LogP contribution in [0.15, 0.2) is 22.7 Å². The first kappa shape index (κ1) is 9.59. The molecule has 0 heterocycles. The second kappa shape index (κ2) is 4.51. The Morgan fingerprint density at radius 3 is 2.58 bits per heavy atom. The lowest BCUT2D eigenvalue weighted by Crippen LogP contribution is -2.22. The van der Waals surface area contributed by atoms with Gasteiger partial charge in [0, 0.05) is 23.6 Å². The molecular weight excluding hydrogens is 214 g/mol. The van der Waals surface area contributed by atoms with E-state index in [4.69, 9.17) is 0 Å². The largest absolute Gasteiger partial charge is 0.371 e. The zero-order chi connectivity index (χ0) is 8.97. The van der Waals surface area contributed by atoms with Gasteiger partial charge < -0.3 is 4.90 Å². The standard InChI is InChI=1S/C10H13BrN/c1-3-12(4-2)10-8-6-5-7-9(10)11/h5-7H,3-4H2,1-2H3. The van der Waals surface area contributed by atoms with Crippen molar-refractivity contribution in [1.82, 2.24) is 0 Å². The quantitative estimate of drug-likeness (QED) is 0.766. The van der Waals surface area contributed by atoms with Gasteiger partial charge in [-0.1, -0.05) is 12.1 Å². The van der Waals surface area contributed by atoms with Gasteiger partial charge in [0.1, 0.15) is 0 Å². The van der Waals surface area contributed by atoms with Crippen molar-refractivity contribution in [2.45, 2.75) is 13.8 Å². The van der Waals surface area contributed by atoms with E-state index >= 15 is 0 Å². The van der Waals surface area contributed by atoms with Crippen molar-refractivity contribution >= 4 is 21.6 Å². The van der Waals surface area contributed by atoms with Crippen LogP contribution in [-0.4, -0.2) is 13.1 Å². The number of hydrogen-bond acceptors (Lipinski definition) is 1. The third-order valence-electron chi connectivity index (χ3n) is 1.86. The van der Waals surface area contributed by atoms with Gasteiger partial charge in [-0.3, -0.25) is 0 Å². The second-order valence-electron chi connectivity index (χ2n) is 2.54. The summed E-state index contributed by atoms with van der Waals surface area (Å²) in [6.45, 7) is 6.35. The van der Waals surface area contributed by atoms with Crippen molar-refractivity contribution in [3.8, 4) is 0 Å². The van der Waals surface area contributed by atoms with Gasteiger partial charge in [0.25, 0.3) is 0 Å². The van der Waals surface area contributed by atoms with Crippen LogP contribution < -0.4 is 4.90 Å². The molecule has 0 atom stereocenters. The molecule has 0 aliphatic carbocycles. The highest BCUT2D eigenvalue weighted by Gasteiger charge is 2.04. The molecule has 12 heavy (non-hydrogen) atoms. The van der Waals surface area contributed by atoms with E-state index in [0.717, 1.165) is 23.2 Å². The predicted octanol–water partition coefficient (Wildman–Crippen LogP) is 3.10. The molecule has 0 aliphatic rings. The molecule has 1 aromatic rings. The minimum atomic E-state index is 1.02. The molecule has 0 fully saturated rings. The summed E-state index contributed by atoms with van der Waals surface area (Å²) in [5.41, 5.74) is 1.16. The summed E-state index contributed by atoms with van der Waals surface area (Å²) in [6.07, 6.45) is 0. The average molecular weight is 227 g/mol. The van der Waals surface area contributed by atoms with Gasteiger partial charge in [0.05, 0.1) is 5.69 Å². The lowest BCUT2D eigenvalue weighted by molar-refractivity contribution is 0.863. The highest BCUT2D eigenvalue weighted by Crippen LogP contribution is 2.24. The van der Waals surface area contributed by atoms with Gasteiger partial charge in [-0.05, 0) is 35.8 Å². The average Bonchev–Trinajstić information content (AvgIpc) is 2.10. The molecule has 65 valence electrons. The number of hydrogen-bond donors (Lipinski definition) is 0. The van der Waals surface area contributed by atoms with Gasteiger partial charge >= 0.3 is 0 Å². The molecule has 0 amide bonds. The molecular formula is C10H13BrN. The number of benzene rings is 1. The van der Waals surface area contributed by atoms with E-state index in [1.165, 1.54) is 0 Å². The Labute approximate surface area is 82.5 Å². The number of halogens is 1. The molecule has 0 bridgehead atoms. The van der Waals surface area contributed by atoms with Crippen molar-refractivity contribution in [1.29, 1.82) is 0 Å². The first-order valence-electron chi connectivity index (χ1n) is 4.20. The molecule has 0 aliphatic heterocycles. The minimum absolute atomic E-state index is 1.02. The molecule has 0 N–H and O–H groups in total. The summed E-state index contributed by atoms with van der Waals surface area (Å²) in [5.74, 6) is 0. The van der Waals surface area contributed by atoms with Crippen molar-refractivity contribution in [2.75, 3.05) is 18.0 Å². The fourth-order valence-electron chi connectivity index (χ4n) is 1.19. The first-order valence-corrected chi connectivity index (χ1v) is 5.00. The zero-order valence-corrected chi connectivity index (χ0v) is 9.06. The van der Waals surface area contributed by atoms with Crippen LogP contribution in [0.2, 0.25) is 0 Å². The van der Waals surface area contributed by atoms with Gasteiger partial charge in [0.15, 0.2) is 0 Å². The molecule has 0 aromatic heterocycles. The van der Waals surface area contributed by atoms with E-state index in [1.54, 1.807) is 0 Å². The van der Waals surface area contributed by atoms with Crippen LogP contribution in [0.3, 0.4) is 0 Å². The molecule has 2 heteroatoms. The SMILES string of the molecule is CCN(CC)c1[c]cccc1Br. The topological polar surface area (TPSA) is 3.24 Å². The van der Waals surface area contributed by atoms with Crippen LogP contribution in [0.4, 0.5) is 5.69 Å². The first-order chi connectivity index (χ1) is 5.79. The van der Waals surface area contributed by atoms with E-state index in [0.29, 0.717) is 0 Å². The monoisotopic (exact) mass is 226 g/mol. The zero-order valence-electron chi connectivity index (χ0n) is 7.47. The molecule has 1 radical (unpaired) electrons. The molecule has 0 saturated heterocycles. The van der Waals surface area contributed by atoms with Crippen LogP contribution in [0.1, 0.15) is 13.8 Å². The van der Waals surface area contributed by atoms with Crippen LogP contribution in [0, 0.1) is 6.07 Å². The Morgan fingerprint density at radius 1 is 1.42 bits per heavy atom. The Morgan fingerprint density at radius 2 is 2.08 bits per heavy atom. The summed E-state index contributed by atoms with van der Waals surface area (Å²) < 4.78 is 1.12. The highest BCUT2D eigenvalue weighted by atomic mass is 79.9. The van der Waals surface area contributed by atoms with Crippen LogP contribution >= 0.6 is 15.9 Å². The number of anilines is 1. The van der Waals surface area contributed by atoms with E-state index in [1.807, 2.05) is 18.2 Å². The Kier molecular flexibility index (Phi) is 3.60. The number of rotatable bonds is 3. The van der Waals surface area contributed by atoms with Crippen molar-refractivity contribution in [3.05, 3.63) is 28.7 Å². The molecule has 1 rings (SSSR count). The summed E-state index contributed by atoms with van der Waals surface area (Å²) in [4.78, 5) is 2.27. The summed E-state index contributed by atoms with van der Waals surface area (Å²) >= 11 is 3.51. The van der Waals surface area contributed by atoms with Crippen LogP contribution in [-0.2, 0) is 0 Å². The third kappa shape index (κ3) is 2.01. The minimum Gasteiger partial charge on any atom is -0.371 e. The van der Waals surface area contributed by atoms with E-state index < -0.39 is 0 Å². The Bertz CT molecular complexity index is 243. The Hall–Kier alpha value is -0.500. The van der Waals surface area contributed by atoms with Gasteiger partial charge in [-0.15, -0.1) is 0 Å². The van der Waals surface area contributed by atoms with Gasteiger partial charge in [0.2, 0.25) is 0 Å². The number of nitrogens with zero attached hydrogens (tertiary/aromatic N) is 1. The van der Waals surface area contributed by atoms with E-state index in [9.17, 15) is 0 Å². The maximum atomic E-state index is 3.51. The fourth-order valence-corrected chi connectivity index (χ4v) is 1.71. The highest BCUT2D eigenvalue weighted by molar-refractivity contribution is 9.10. The van der Waals surface area contributed by atoms with Gasteiger partial charge in [-0.2, -0.15) is 0 Å². The Balaban J connectivity index is 2.92. The van der Waals surface area contributed by atoms with E-state index in [-0.39, 0.29) is 0 Å². The van der Waals surface area contributed by atoms with Crippen LogP contribution in [0.25, 0.3) is 0 Å². The van der Waals surface area contributed by atoms with Crippen LogP contribution in [0.5, 0.6) is 0 Å². The van der Waals surface area contributed by atoms with Gasteiger partial charge in [-0.25, -0.2) is 0 Å². The number of para-hydroxylation sites is 1. The molecule has 0 saturated carbocycles. The molecule has 1 nitrogen and oxygen atoms in total.